The Morgan fingerprint density at radius 3 is 2.89 bits per heavy atom. The second kappa shape index (κ2) is 6.10. The van der Waals surface area contributed by atoms with Crippen molar-refractivity contribution in [2.45, 2.75) is 13.0 Å². The zero-order chi connectivity index (χ0) is 13.3. The number of nitrogens with two attached hydrogens (primary N) is 1. The number of carbonyl (C=O) groups excluding carboxylic acids is 2. The van der Waals surface area contributed by atoms with E-state index >= 15 is 0 Å². The normalized spacial score (nSPS) is 14.4. The molecule has 19 heavy (non-hydrogen) atoms. The summed E-state index contributed by atoms with van der Waals surface area (Å²) in [5.41, 5.74) is 6.33. The van der Waals surface area contributed by atoms with E-state index < -0.39 is 6.04 Å². The molecule has 0 fully saturated rings. The van der Waals surface area contributed by atoms with Crippen LogP contribution < -0.4 is 21.1 Å². The highest BCUT2D eigenvalue weighted by Gasteiger charge is 2.19. The van der Waals surface area contributed by atoms with Crippen LogP contribution in [0.25, 0.3) is 0 Å². The van der Waals surface area contributed by atoms with Gasteiger partial charge in [0.05, 0.1) is 22.4 Å². The fourth-order valence-electron chi connectivity index (χ4n) is 1.44. The molecule has 8 heteroatoms. The van der Waals surface area contributed by atoms with Crippen LogP contribution in [-0.4, -0.2) is 24.5 Å². The lowest BCUT2D eigenvalue weighted by Gasteiger charge is -2.20. The second-order valence-corrected chi connectivity index (χ2v) is 4.35. The molecule has 1 aromatic rings. The molecule has 1 aromatic carbocycles. The summed E-state index contributed by atoms with van der Waals surface area (Å²) in [6, 6.07) is 2.43. The lowest BCUT2D eigenvalue weighted by Crippen LogP contribution is -2.32. The van der Waals surface area contributed by atoms with E-state index in [0.717, 1.165) is 0 Å². The van der Waals surface area contributed by atoms with Gasteiger partial charge in [-0.1, -0.05) is 11.6 Å². The minimum Gasteiger partial charge on any atom is -0.482 e. The molecule has 1 atom stereocenters. The van der Waals surface area contributed by atoms with Crippen molar-refractivity contribution in [2.24, 2.45) is 5.73 Å². The average Bonchev–Trinajstić information content (AvgIpc) is 2.30. The molecule has 0 aromatic heterocycles. The van der Waals surface area contributed by atoms with Gasteiger partial charge in [-0.25, -0.2) is 0 Å². The van der Waals surface area contributed by atoms with Crippen LogP contribution in [0.3, 0.4) is 0 Å². The number of hydrogen-bond acceptors (Lipinski definition) is 4. The molecule has 104 valence electrons. The molecule has 2 amide bonds. The first-order valence-corrected chi connectivity index (χ1v) is 5.68. The zero-order valence-electron chi connectivity index (χ0n) is 10.0. The molecule has 6 nitrogen and oxygen atoms in total. The first-order valence-electron chi connectivity index (χ1n) is 5.30. The van der Waals surface area contributed by atoms with E-state index in [0.29, 0.717) is 22.1 Å². The quantitative estimate of drug-likeness (QED) is 0.769. The molecule has 1 heterocycles. The fraction of sp³-hybridized carbons (Fsp3) is 0.273. The Kier molecular flexibility index (Phi) is 4.99. The standard InChI is InChI=1S/C11H12ClN3O3.ClH/c1-5(13)11(17)15-7-3-9-8(2-6(7)12)14-10(16)4-18-9;/h2-3,5H,4,13H2,1H3,(H,14,16)(H,15,17);1H/t5-;/m0./s1. The molecular formula is C11H13Cl2N3O3. The van der Waals surface area contributed by atoms with Gasteiger partial charge in [0.2, 0.25) is 5.91 Å². The van der Waals surface area contributed by atoms with Gasteiger partial charge in [0, 0.05) is 6.07 Å². The number of amides is 2. The van der Waals surface area contributed by atoms with E-state index in [-0.39, 0.29) is 30.8 Å². The minimum absolute atomic E-state index is 0. The minimum atomic E-state index is -0.641. The Balaban J connectivity index is 0.00000180. The number of benzene rings is 1. The maximum Gasteiger partial charge on any atom is 0.262 e. The highest BCUT2D eigenvalue weighted by molar-refractivity contribution is 6.34. The van der Waals surface area contributed by atoms with E-state index in [2.05, 4.69) is 10.6 Å². The third kappa shape index (κ3) is 3.50. The van der Waals surface area contributed by atoms with Crippen LogP contribution in [0, 0.1) is 0 Å². The number of anilines is 2. The SMILES string of the molecule is C[C@H](N)C(=O)Nc1cc2c(cc1Cl)NC(=O)CO2.Cl. The van der Waals surface area contributed by atoms with Crippen molar-refractivity contribution in [2.75, 3.05) is 17.2 Å². The van der Waals surface area contributed by atoms with Gasteiger partial charge in [0.1, 0.15) is 5.75 Å². The molecule has 0 saturated carbocycles. The molecule has 0 aliphatic carbocycles. The van der Waals surface area contributed by atoms with Gasteiger partial charge in [-0.15, -0.1) is 12.4 Å². The Morgan fingerprint density at radius 2 is 2.26 bits per heavy atom. The molecule has 1 aliphatic rings. The van der Waals surface area contributed by atoms with Crippen molar-refractivity contribution in [1.29, 1.82) is 0 Å². The van der Waals surface area contributed by atoms with Gasteiger partial charge in [-0.05, 0) is 13.0 Å². The van der Waals surface area contributed by atoms with Crippen molar-refractivity contribution in [3.05, 3.63) is 17.2 Å². The molecule has 2 rings (SSSR count). The number of halogens is 2. The Hall–Kier alpha value is -1.50. The summed E-state index contributed by atoms with van der Waals surface area (Å²) >= 11 is 6.00. The van der Waals surface area contributed by atoms with Crippen molar-refractivity contribution in [3.63, 3.8) is 0 Å². The van der Waals surface area contributed by atoms with Crippen molar-refractivity contribution in [1.82, 2.24) is 0 Å². The van der Waals surface area contributed by atoms with Crippen LogP contribution in [0.5, 0.6) is 5.75 Å². The first kappa shape index (κ1) is 15.6. The average molecular weight is 306 g/mol. The van der Waals surface area contributed by atoms with Crippen molar-refractivity contribution >= 4 is 47.2 Å². The van der Waals surface area contributed by atoms with Crippen LogP contribution in [-0.2, 0) is 9.59 Å². The van der Waals surface area contributed by atoms with Gasteiger partial charge in [0.25, 0.3) is 5.91 Å². The second-order valence-electron chi connectivity index (χ2n) is 3.94. The Bertz CT molecular complexity index is 520. The van der Waals surface area contributed by atoms with E-state index in [9.17, 15) is 9.59 Å². The molecular weight excluding hydrogens is 293 g/mol. The van der Waals surface area contributed by atoms with Crippen molar-refractivity contribution in [3.8, 4) is 5.75 Å². The highest BCUT2D eigenvalue weighted by atomic mass is 35.5. The topological polar surface area (TPSA) is 93.5 Å². The van der Waals surface area contributed by atoms with Crippen LogP contribution in [0.4, 0.5) is 11.4 Å². The fourth-order valence-corrected chi connectivity index (χ4v) is 1.65. The number of fused-ring (bicyclic) bond motifs is 1. The third-order valence-electron chi connectivity index (χ3n) is 2.37. The zero-order valence-corrected chi connectivity index (χ0v) is 11.6. The summed E-state index contributed by atoms with van der Waals surface area (Å²) in [6.07, 6.45) is 0. The number of carbonyl (C=O) groups is 2. The Labute approximate surface area is 121 Å². The molecule has 0 saturated heterocycles. The lowest BCUT2D eigenvalue weighted by atomic mass is 10.2. The van der Waals surface area contributed by atoms with Gasteiger partial charge in [-0.3, -0.25) is 9.59 Å². The van der Waals surface area contributed by atoms with Gasteiger partial charge in [0.15, 0.2) is 6.61 Å². The van der Waals surface area contributed by atoms with Crippen LogP contribution in [0.15, 0.2) is 12.1 Å². The van der Waals surface area contributed by atoms with Gasteiger partial charge < -0.3 is 21.1 Å². The maximum absolute atomic E-state index is 11.5. The van der Waals surface area contributed by atoms with E-state index in [1.807, 2.05) is 0 Å². The summed E-state index contributed by atoms with van der Waals surface area (Å²) in [5.74, 6) is -0.137. The molecule has 0 bridgehead atoms. The van der Waals surface area contributed by atoms with Crippen molar-refractivity contribution < 1.29 is 14.3 Å². The van der Waals surface area contributed by atoms with Crippen LogP contribution in [0.1, 0.15) is 6.92 Å². The predicted octanol–water partition coefficient (Wildman–Crippen LogP) is 1.38. The first-order chi connectivity index (χ1) is 8.47. The highest BCUT2D eigenvalue weighted by Crippen LogP contribution is 2.36. The number of hydrogen-bond donors (Lipinski definition) is 3. The van der Waals surface area contributed by atoms with Gasteiger partial charge >= 0.3 is 0 Å². The third-order valence-corrected chi connectivity index (χ3v) is 2.69. The smallest absolute Gasteiger partial charge is 0.262 e. The van der Waals surface area contributed by atoms with Crippen LogP contribution in [0.2, 0.25) is 5.02 Å². The Morgan fingerprint density at radius 1 is 1.58 bits per heavy atom. The number of nitrogens with one attached hydrogen (secondary N) is 2. The number of ether oxygens (including phenoxy) is 1. The molecule has 1 aliphatic heterocycles. The lowest BCUT2D eigenvalue weighted by molar-refractivity contribution is -0.119. The van der Waals surface area contributed by atoms with E-state index in [4.69, 9.17) is 22.1 Å². The maximum atomic E-state index is 11.5. The summed E-state index contributed by atoms with van der Waals surface area (Å²) in [6.45, 7) is 1.51. The number of rotatable bonds is 2. The predicted molar refractivity (Wildman–Crippen MR) is 75.1 cm³/mol. The molecule has 0 unspecified atom stereocenters. The van der Waals surface area contributed by atoms with Crippen LogP contribution >= 0.6 is 24.0 Å². The molecule has 0 spiro atoms. The summed E-state index contributed by atoms with van der Waals surface area (Å²) in [7, 11) is 0. The molecule has 0 radical (unpaired) electrons. The largest absolute Gasteiger partial charge is 0.482 e. The van der Waals surface area contributed by atoms with E-state index in [1.54, 1.807) is 13.0 Å². The summed E-state index contributed by atoms with van der Waals surface area (Å²) < 4.78 is 5.22. The van der Waals surface area contributed by atoms with Gasteiger partial charge in [-0.2, -0.15) is 0 Å². The monoisotopic (exact) mass is 305 g/mol. The summed E-state index contributed by atoms with van der Waals surface area (Å²) in [4.78, 5) is 22.6. The summed E-state index contributed by atoms with van der Waals surface area (Å²) in [5, 5.41) is 5.50. The van der Waals surface area contributed by atoms with E-state index in [1.165, 1.54) is 6.07 Å². The molecule has 4 N–H and O–H groups in total.